The number of ether oxygens (including phenoxy) is 1. The molecular weight excluding hydrogens is 440 g/mol. The molecule has 0 spiro atoms. The molecule has 1 aromatic carbocycles. The molecule has 2 aromatic heterocycles. The summed E-state index contributed by atoms with van der Waals surface area (Å²) in [7, 11) is -4.24. The molecule has 33 heavy (non-hydrogen) atoms. The van der Waals surface area contributed by atoms with Crippen LogP contribution >= 0.6 is 0 Å². The van der Waals surface area contributed by atoms with Crippen molar-refractivity contribution in [3.05, 3.63) is 72.4 Å². The van der Waals surface area contributed by atoms with E-state index >= 15 is 0 Å². The van der Waals surface area contributed by atoms with Gasteiger partial charge in [-0.25, -0.2) is 9.71 Å². The molecule has 1 atom stereocenters. The monoisotopic (exact) mass is 466 g/mol. The number of pyridine rings is 2. The van der Waals surface area contributed by atoms with Crippen LogP contribution in [0.1, 0.15) is 37.6 Å². The van der Waals surface area contributed by atoms with Gasteiger partial charge in [-0.3, -0.25) is 4.79 Å². The number of carbonyl (C=O) groups excluding carboxylic acids is 1. The largest absolute Gasteiger partial charge is 0.439 e. The number of nitrogens with one attached hydrogen (secondary N) is 1. The number of amides is 1. The number of sulfonamides is 1. The fourth-order valence-electron chi connectivity index (χ4n) is 4.19. The summed E-state index contributed by atoms with van der Waals surface area (Å²) in [6.45, 7) is 7.06. The Morgan fingerprint density at radius 2 is 1.85 bits per heavy atom. The van der Waals surface area contributed by atoms with E-state index in [0.717, 1.165) is 13.0 Å². The minimum Gasteiger partial charge on any atom is -0.439 e. The summed E-state index contributed by atoms with van der Waals surface area (Å²) in [5, 5.41) is -0.315. The Bertz CT molecular complexity index is 1260. The van der Waals surface area contributed by atoms with Crippen LogP contribution in [0.4, 0.5) is 5.82 Å². The van der Waals surface area contributed by atoms with Crippen LogP contribution in [0.5, 0.6) is 11.6 Å². The molecule has 1 fully saturated rings. The molecule has 0 aliphatic carbocycles. The highest BCUT2D eigenvalue weighted by Crippen LogP contribution is 2.37. The Hall–Kier alpha value is -3.46. The molecule has 0 saturated carbocycles. The van der Waals surface area contributed by atoms with Crippen LogP contribution in [0.2, 0.25) is 0 Å². The van der Waals surface area contributed by atoms with E-state index in [9.17, 15) is 13.2 Å². The van der Waals surface area contributed by atoms with Crippen molar-refractivity contribution in [3.63, 3.8) is 0 Å². The standard InChI is InChI=1S/C24H26N4O4S/c1-17-15-24(2,3)28(16-17)22-19(11-8-14-25-22)23(29)27-33(30,31)21-13-7-12-20(26-21)32-18-9-5-4-6-10-18/h4-14,17H,15-16H2,1-3H3,(H,27,29). The van der Waals surface area contributed by atoms with Gasteiger partial charge in [0.15, 0.2) is 5.03 Å². The molecule has 9 heteroatoms. The molecular formula is C24H26N4O4S. The summed E-state index contributed by atoms with van der Waals surface area (Å²) in [4.78, 5) is 23.6. The summed E-state index contributed by atoms with van der Waals surface area (Å²) in [6.07, 6.45) is 2.55. The number of anilines is 1. The predicted octanol–water partition coefficient (Wildman–Crippen LogP) is 4.01. The average Bonchev–Trinajstić information content (AvgIpc) is 3.06. The molecule has 8 nitrogen and oxygen atoms in total. The third-order valence-corrected chi connectivity index (χ3v) is 6.76. The van der Waals surface area contributed by atoms with Gasteiger partial charge in [-0.1, -0.05) is 31.2 Å². The molecule has 3 aromatic rings. The van der Waals surface area contributed by atoms with Crippen LogP contribution in [-0.4, -0.2) is 36.4 Å². The van der Waals surface area contributed by atoms with E-state index in [-0.39, 0.29) is 22.0 Å². The first-order chi connectivity index (χ1) is 15.7. The fourth-order valence-corrected chi connectivity index (χ4v) is 5.12. The lowest BCUT2D eigenvalue weighted by Crippen LogP contribution is -2.41. The molecule has 0 radical (unpaired) electrons. The first kappa shape index (κ1) is 22.7. The Labute approximate surface area is 193 Å². The van der Waals surface area contributed by atoms with Crippen LogP contribution < -0.4 is 14.4 Å². The quantitative estimate of drug-likeness (QED) is 0.586. The Kier molecular flexibility index (Phi) is 6.07. The average molecular weight is 467 g/mol. The van der Waals surface area contributed by atoms with Gasteiger partial charge in [0.1, 0.15) is 11.6 Å². The molecule has 0 bridgehead atoms. The van der Waals surface area contributed by atoms with Crippen molar-refractivity contribution in [1.82, 2.24) is 14.7 Å². The van der Waals surface area contributed by atoms with Gasteiger partial charge in [-0.2, -0.15) is 13.4 Å². The van der Waals surface area contributed by atoms with Gasteiger partial charge in [0, 0.05) is 24.3 Å². The third kappa shape index (κ3) is 4.98. The Balaban J connectivity index is 1.58. The molecule has 1 amide bonds. The van der Waals surface area contributed by atoms with Gasteiger partial charge in [0.05, 0.1) is 5.56 Å². The zero-order valence-electron chi connectivity index (χ0n) is 18.7. The van der Waals surface area contributed by atoms with E-state index in [0.29, 0.717) is 17.5 Å². The lowest BCUT2D eigenvalue weighted by atomic mass is 9.97. The van der Waals surface area contributed by atoms with Gasteiger partial charge in [0.25, 0.3) is 15.9 Å². The highest BCUT2D eigenvalue weighted by Gasteiger charge is 2.39. The van der Waals surface area contributed by atoms with Crippen molar-refractivity contribution < 1.29 is 17.9 Å². The number of hydrogen-bond acceptors (Lipinski definition) is 7. The molecule has 1 aliphatic heterocycles. The Morgan fingerprint density at radius 1 is 1.09 bits per heavy atom. The highest BCUT2D eigenvalue weighted by atomic mass is 32.2. The Morgan fingerprint density at radius 3 is 2.55 bits per heavy atom. The normalized spacial score (nSPS) is 17.5. The molecule has 1 saturated heterocycles. The summed E-state index contributed by atoms with van der Waals surface area (Å²) >= 11 is 0. The van der Waals surface area contributed by atoms with Crippen LogP contribution in [-0.2, 0) is 10.0 Å². The summed E-state index contributed by atoms with van der Waals surface area (Å²) in [5.41, 5.74) is -0.00766. The van der Waals surface area contributed by atoms with Gasteiger partial charge < -0.3 is 9.64 Å². The number of hydrogen-bond donors (Lipinski definition) is 1. The zero-order valence-corrected chi connectivity index (χ0v) is 19.5. The SMILES string of the molecule is CC1CN(c2ncccc2C(=O)NS(=O)(=O)c2cccc(Oc3ccccc3)n2)C(C)(C)C1. The molecule has 172 valence electrons. The molecule has 3 heterocycles. The van der Waals surface area contributed by atoms with E-state index in [1.807, 2.05) is 6.07 Å². The second kappa shape index (κ2) is 8.82. The van der Waals surface area contributed by atoms with E-state index in [4.69, 9.17) is 4.74 Å². The van der Waals surface area contributed by atoms with Crippen LogP contribution in [0.15, 0.2) is 71.9 Å². The maximum atomic E-state index is 13.1. The van der Waals surface area contributed by atoms with Crippen molar-refractivity contribution in [2.75, 3.05) is 11.4 Å². The predicted molar refractivity (Wildman–Crippen MR) is 125 cm³/mol. The van der Waals surface area contributed by atoms with Gasteiger partial charge in [-0.05, 0) is 56.5 Å². The van der Waals surface area contributed by atoms with Crippen LogP contribution in [0.3, 0.4) is 0 Å². The lowest BCUT2D eigenvalue weighted by molar-refractivity contribution is 0.0981. The number of aromatic nitrogens is 2. The highest BCUT2D eigenvalue weighted by molar-refractivity contribution is 7.90. The minimum absolute atomic E-state index is 0.103. The van der Waals surface area contributed by atoms with Crippen LogP contribution in [0, 0.1) is 5.92 Å². The van der Waals surface area contributed by atoms with Crippen molar-refractivity contribution >= 4 is 21.7 Å². The smallest absolute Gasteiger partial charge is 0.281 e. The first-order valence-corrected chi connectivity index (χ1v) is 12.1. The molecule has 1 unspecified atom stereocenters. The number of nitrogens with zero attached hydrogens (tertiary/aromatic N) is 3. The summed E-state index contributed by atoms with van der Waals surface area (Å²) < 4.78 is 33.6. The molecule has 4 rings (SSSR count). The van der Waals surface area contributed by atoms with Crippen molar-refractivity contribution in [2.45, 2.75) is 37.8 Å². The molecule has 1 aliphatic rings. The fraction of sp³-hybridized carbons (Fsp3) is 0.292. The molecule has 1 N–H and O–H groups in total. The second-order valence-corrected chi connectivity index (χ2v) is 10.4. The van der Waals surface area contributed by atoms with Crippen molar-refractivity contribution in [2.24, 2.45) is 5.92 Å². The number of rotatable bonds is 6. The van der Waals surface area contributed by atoms with E-state index in [1.165, 1.54) is 12.1 Å². The summed E-state index contributed by atoms with van der Waals surface area (Å²) in [6, 6.07) is 16.4. The number of carbonyl (C=O) groups is 1. The second-order valence-electron chi connectivity index (χ2n) is 8.77. The van der Waals surface area contributed by atoms with Gasteiger partial charge >= 0.3 is 0 Å². The summed E-state index contributed by atoms with van der Waals surface area (Å²) in [5.74, 6) is 0.758. The number of benzene rings is 1. The maximum Gasteiger partial charge on any atom is 0.281 e. The minimum atomic E-state index is -4.24. The van der Waals surface area contributed by atoms with Crippen LogP contribution in [0.25, 0.3) is 0 Å². The van der Waals surface area contributed by atoms with E-state index < -0.39 is 15.9 Å². The van der Waals surface area contributed by atoms with Crippen molar-refractivity contribution in [3.8, 4) is 11.6 Å². The maximum absolute atomic E-state index is 13.1. The van der Waals surface area contributed by atoms with Gasteiger partial charge in [-0.15, -0.1) is 0 Å². The first-order valence-electron chi connectivity index (χ1n) is 10.7. The third-order valence-electron chi connectivity index (χ3n) is 5.53. The zero-order chi connectivity index (χ0) is 23.6. The van der Waals surface area contributed by atoms with E-state index in [1.54, 1.807) is 48.7 Å². The van der Waals surface area contributed by atoms with E-state index in [2.05, 4.69) is 40.4 Å². The topological polar surface area (TPSA) is 101 Å². The number of para-hydroxylation sites is 1. The van der Waals surface area contributed by atoms with Crippen molar-refractivity contribution in [1.29, 1.82) is 0 Å². The lowest BCUT2D eigenvalue weighted by Gasteiger charge is -2.33. The van der Waals surface area contributed by atoms with Gasteiger partial charge in [0.2, 0.25) is 5.88 Å².